The molecule has 1 fully saturated rings. The summed E-state index contributed by atoms with van der Waals surface area (Å²) in [6, 6.07) is 10.6. The smallest absolute Gasteiger partial charge is 0.356 e. The Labute approximate surface area is 283 Å². The summed E-state index contributed by atoms with van der Waals surface area (Å²) in [5.41, 5.74) is -0.134. The molecule has 2 aliphatic heterocycles. The van der Waals surface area contributed by atoms with Crippen LogP contribution in [0.3, 0.4) is 0 Å². The number of hydrogen-bond donors (Lipinski definition) is 0. The lowest BCUT2D eigenvalue weighted by Gasteiger charge is -2.50. The SMILES string of the molecule is CCN(CC)C(=O)c1ccccc1S(=O)(=O)C1=C(C(=O)OCc2ccc([N+](=O)[O-])cc2)N2C(=O)[C@H]([C@@H](C)O[Si](C)(C)C(C)(C)C)[C@H]2[C@H]1C. The van der Waals surface area contributed by atoms with Gasteiger partial charge in [0.25, 0.3) is 11.6 Å². The van der Waals surface area contributed by atoms with Gasteiger partial charge in [-0.1, -0.05) is 39.8 Å². The summed E-state index contributed by atoms with van der Waals surface area (Å²) in [4.78, 5) is 53.9. The van der Waals surface area contributed by atoms with E-state index in [1.54, 1.807) is 26.8 Å². The number of sulfone groups is 1. The Hall–Kier alpha value is -3.88. The molecule has 2 aromatic rings. The number of ether oxygens (including phenoxy) is 1. The largest absolute Gasteiger partial charge is 0.456 e. The van der Waals surface area contributed by atoms with E-state index in [0.717, 1.165) is 0 Å². The predicted molar refractivity (Wildman–Crippen MR) is 182 cm³/mol. The summed E-state index contributed by atoms with van der Waals surface area (Å²) in [6.07, 6.45) is -0.557. The van der Waals surface area contributed by atoms with E-state index < -0.39 is 64.8 Å². The molecule has 260 valence electrons. The normalized spacial score (nSPS) is 20.2. The Morgan fingerprint density at radius 2 is 1.65 bits per heavy atom. The van der Waals surface area contributed by atoms with Gasteiger partial charge in [0.15, 0.2) is 8.32 Å². The predicted octanol–water partition coefficient (Wildman–Crippen LogP) is 5.69. The highest BCUT2D eigenvalue weighted by Gasteiger charge is 2.63. The van der Waals surface area contributed by atoms with E-state index in [-0.39, 0.29) is 38.4 Å². The first-order valence-corrected chi connectivity index (χ1v) is 20.5. The van der Waals surface area contributed by atoms with Crippen LogP contribution in [0.25, 0.3) is 0 Å². The van der Waals surface area contributed by atoms with Gasteiger partial charge >= 0.3 is 5.97 Å². The lowest BCUT2D eigenvalue weighted by Crippen LogP contribution is -2.65. The van der Waals surface area contributed by atoms with Crippen molar-refractivity contribution in [1.82, 2.24) is 9.80 Å². The topological polar surface area (TPSA) is 153 Å². The standard InChI is InChI=1S/C34H45N3O9SSi/c1-10-35(11-2)31(38)25-14-12-13-15-26(25)47(43,44)30-21(3)28-27(22(4)46-48(8,9)34(5,6)7)32(39)36(28)29(30)33(40)45-20-23-16-18-24(19-17-23)37(41)42/h12-19,21-22,27-28H,10-11,20H2,1-9H3/t21-,22-,27-,28-/m1/s1. The maximum Gasteiger partial charge on any atom is 0.356 e. The van der Waals surface area contributed by atoms with Crippen molar-refractivity contribution in [3.63, 3.8) is 0 Å². The molecular weight excluding hydrogens is 655 g/mol. The van der Waals surface area contributed by atoms with Crippen LogP contribution < -0.4 is 0 Å². The summed E-state index contributed by atoms with van der Waals surface area (Å²) in [6.45, 7) is 17.9. The van der Waals surface area contributed by atoms with Gasteiger partial charge < -0.3 is 19.0 Å². The Morgan fingerprint density at radius 1 is 1.06 bits per heavy atom. The number of rotatable bonds is 12. The van der Waals surface area contributed by atoms with E-state index in [1.165, 1.54) is 52.3 Å². The molecule has 4 rings (SSSR count). The molecule has 2 heterocycles. The Kier molecular flexibility index (Phi) is 10.4. The fraction of sp³-hybridized carbons (Fsp3) is 0.500. The molecule has 0 aromatic heterocycles. The molecular formula is C34H45N3O9SSi. The van der Waals surface area contributed by atoms with E-state index >= 15 is 0 Å². The highest BCUT2D eigenvalue weighted by atomic mass is 32.2. The van der Waals surface area contributed by atoms with Crippen LogP contribution in [-0.2, 0) is 35.2 Å². The quantitative estimate of drug-likeness (QED) is 0.0894. The highest BCUT2D eigenvalue weighted by molar-refractivity contribution is 7.95. The number of β-lactam (4-membered cyclic amide) rings is 1. The van der Waals surface area contributed by atoms with Gasteiger partial charge in [0.2, 0.25) is 15.7 Å². The van der Waals surface area contributed by atoms with Crippen LogP contribution in [0.5, 0.6) is 0 Å². The van der Waals surface area contributed by atoms with E-state index in [2.05, 4.69) is 33.9 Å². The lowest BCUT2D eigenvalue weighted by atomic mass is 9.79. The zero-order valence-electron chi connectivity index (χ0n) is 29.0. The number of benzene rings is 2. The van der Waals surface area contributed by atoms with Crippen LogP contribution in [0.2, 0.25) is 18.1 Å². The Morgan fingerprint density at radius 3 is 2.19 bits per heavy atom. The van der Waals surface area contributed by atoms with Crippen LogP contribution >= 0.6 is 0 Å². The molecule has 0 bridgehead atoms. The molecule has 4 atom stereocenters. The summed E-state index contributed by atoms with van der Waals surface area (Å²) < 4.78 is 41.5. The second-order valence-electron chi connectivity index (χ2n) is 13.8. The summed E-state index contributed by atoms with van der Waals surface area (Å²) in [5, 5.41) is 10.9. The fourth-order valence-corrected chi connectivity index (χ4v) is 9.62. The number of non-ortho nitro benzene ring substituents is 1. The number of amides is 2. The van der Waals surface area contributed by atoms with Crippen molar-refractivity contribution >= 4 is 41.6 Å². The first-order chi connectivity index (χ1) is 22.3. The average Bonchev–Trinajstić information content (AvgIpc) is 3.28. The van der Waals surface area contributed by atoms with Gasteiger partial charge in [-0.3, -0.25) is 19.7 Å². The summed E-state index contributed by atoms with van der Waals surface area (Å²) in [5.74, 6) is -3.49. The fourth-order valence-electron chi connectivity index (χ4n) is 6.19. The first kappa shape index (κ1) is 36.9. The third kappa shape index (κ3) is 6.57. The molecule has 12 nitrogen and oxygen atoms in total. The van der Waals surface area contributed by atoms with Gasteiger partial charge in [0.05, 0.1) is 38.4 Å². The van der Waals surface area contributed by atoms with Crippen molar-refractivity contribution in [3.8, 4) is 0 Å². The molecule has 0 unspecified atom stereocenters. The Balaban J connectivity index is 1.79. The minimum Gasteiger partial charge on any atom is -0.456 e. The lowest BCUT2D eigenvalue weighted by molar-refractivity contribution is -0.384. The van der Waals surface area contributed by atoms with E-state index in [9.17, 15) is 32.9 Å². The number of esters is 1. The van der Waals surface area contributed by atoms with Gasteiger partial charge in [-0.05, 0) is 68.7 Å². The van der Waals surface area contributed by atoms with Crippen LogP contribution in [0.1, 0.15) is 64.4 Å². The van der Waals surface area contributed by atoms with Gasteiger partial charge in [-0.2, -0.15) is 0 Å². The molecule has 48 heavy (non-hydrogen) atoms. The van der Waals surface area contributed by atoms with Crippen molar-refractivity contribution in [2.45, 2.75) is 90.2 Å². The molecule has 2 aromatic carbocycles. The molecule has 0 N–H and O–H groups in total. The molecule has 2 amide bonds. The first-order valence-electron chi connectivity index (χ1n) is 16.1. The third-order valence-electron chi connectivity index (χ3n) is 9.84. The molecule has 2 aliphatic rings. The number of nitro groups is 1. The Bertz CT molecular complexity index is 1750. The van der Waals surface area contributed by atoms with E-state index in [1.807, 2.05) is 6.92 Å². The van der Waals surface area contributed by atoms with Crippen molar-refractivity contribution in [2.24, 2.45) is 11.8 Å². The number of carbonyl (C=O) groups is 3. The zero-order valence-corrected chi connectivity index (χ0v) is 30.8. The molecule has 0 saturated carbocycles. The molecule has 1 saturated heterocycles. The molecule has 0 aliphatic carbocycles. The number of nitrogens with zero attached hydrogens (tertiary/aromatic N) is 3. The minimum absolute atomic E-state index is 0.0359. The second kappa shape index (κ2) is 13.6. The second-order valence-corrected chi connectivity index (χ2v) is 20.4. The highest BCUT2D eigenvalue weighted by Crippen LogP contribution is 2.51. The van der Waals surface area contributed by atoms with Crippen LogP contribution in [-0.4, -0.2) is 74.5 Å². The summed E-state index contributed by atoms with van der Waals surface area (Å²) in [7, 11) is -6.86. The van der Waals surface area contributed by atoms with Gasteiger partial charge in [-0.15, -0.1) is 0 Å². The van der Waals surface area contributed by atoms with Gasteiger partial charge in [0, 0.05) is 31.1 Å². The molecule has 0 spiro atoms. The van der Waals surface area contributed by atoms with Crippen LogP contribution in [0.4, 0.5) is 5.69 Å². The summed E-state index contributed by atoms with van der Waals surface area (Å²) >= 11 is 0. The van der Waals surface area contributed by atoms with Crippen LogP contribution in [0.15, 0.2) is 64.0 Å². The van der Waals surface area contributed by atoms with Crippen molar-refractivity contribution in [1.29, 1.82) is 0 Å². The van der Waals surface area contributed by atoms with Gasteiger partial charge in [0.1, 0.15) is 12.3 Å². The molecule has 0 radical (unpaired) electrons. The third-order valence-corrected chi connectivity index (χ3v) is 16.5. The van der Waals surface area contributed by atoms with Crippen molar-refractivity contribution in [2.75, 3.05) is 13.1 Å². The zero-order chi connectivity index (χ0) is 35.9. The van der Waals surface area contributed by atoms with E-state index in [4.69, 9.17) is 9.16 Å². The average molecular weight is 700 g/mol. The van der Waals surface area contributed by atoms with E-state index in [0.29, 0.717) is 18.7 Å². The monoisotopic (exact) mass is 699 g/mol. The van der Waals surface area contributed by atoms with Crippen molar-refractivity contribution < 1.29 is 36.9 Å². The van der Waals surface area contributed by atoms with Crippen molar-refractivity contribution in [3.05, 3.63) is 80.4 Å². The minimum atomic E-state index is -4.53. The van der Waals surface area contributed by atoms with Gasteiger partial charge in [-0.25, -0.2) is 13.2 Å². The van der Waals surface area contributed by atoms with Crippen LogP contribution in [0, 0.1) is 22.0 Å². The number of hydrogen-bond acceptors (Lipinski definition) is 9. The maximum atomic E-state index is 14.7. The maximum absolute atomic E-state index is 14.7. The number of carbonyl (C=O) groups excluding carboxylic acids is 3. The number of fused-ring (bicyclic) bond motifs is 1. The number of nitro benzene ring substituents is 1. The molecule has 14 heteroatoms.